The largest absolute Gasteiger partial charge is 0.411 e. The number of alkyl halides is 3. The molecular formula is C13H14F3N3O2. The zero-order chi connectivity index (χ0) is 15.3. The highest BCUT2D eigenvalue weighted by atomic mass is 19.4. The Balaban J connectivity index is 1.92. The monoisotopic (exact) mass is 301 g/mol. The van der Waals surface area contributed by atoms with E-state index in [4.69, 9.17) is 10.3 Å². The van der Waals surface area contributed by atoms with Crippen LogP contribution in [-0.2, 0) is 17.7 Å². The summed E-state index contributed by atoms with van der Waals surface area (Å²) in [5.41, 5.74) is 7.18. The van der Waals surface area contributed by atoms with E-state index in [9.17, 15) is 13.2 Å². The third kappa shape index (κ3) is 4.83. The van der Waals surface area contributed by atoms with E-state index in [2.05, 4.69) is 14.9 Å². The maximum Gasteiger partial charge on any atom is 0.411 e. The van der Waals surface area contributed by atoms with Crippen molar-refractivity contribution in [3.05, 3.63) is 35.7 Å². The van der Waals surface area contributed by atoms with E-state index in [0.717, 1.165) is 5.56 Å². The van der Waals surface area contributed by atoms with Crippen LogP contribution in [0.4, 0.5) is 13.2 Å². The Morgan fingerprint density at radius 1 is 1.29 bits per heavy atom. The molecular weight excluding hydrogens is 287 g/mol. The summed E-state index contributed by atoms with van der Waals surface area (Å²) in [6, 6.07) is 7.29. The Morgan fingerprint density at radius 2 is 2.10 bits per heavy atom. The van der Waals surface area contributed by atoms with Crippen LogP contribution >= 0.6 is 0 Å². The zero-order valence-electron chi connectivity index (χ0n) is 11.1. The summed E-state index contributed by atoms with van der Waals surface area (Å²) >= 11 is 0. The molecule has 0 aliphatic rings. The summed E-state index contributed by atoms with van der Waals surface area (Å²) < 4.78 is 45.2. The van der Waals surface area contributed by atoms with Crippen molar-refractivity contribution >= 4 is 0 Å². The highest BCUT2D eigenvalue weighted by Gasteiger charge is 2.27. The first-order valence-electron chi connectivity index (χ1n) is 6.24. The molecule has 0 unspecified atom stereocenters. The van der Waals surface area contributed by atoms with Gasteiger partial charge in [0.1, 0.15) is 6.61 Å². The van der Waals surface area contributed by atoms with Gasteiger partial charge in [-0.25, -0.2) is 0 Å². The highest BCUT2D eigenvalue weighted by Crippen LogP contribution is 2.19. The fraction of sp³-hybridized carbons (Fsp3) is 0.385. The van der Waals surface area contributed by atoms with Gasteiger partial charge in [0.15, 0.2) is 5.82 Å². The Kier molecular flexibility index (Phi) is 4.92. The molecule has 0 bridgehead atoms. The van der Waals surface area contributed by atoms with E-state index in [1.165, 1.54) is 0 Å². The van der Waals surface area contributed by atoms with Crippen molar-refractivity contribution < 1.29 is 22.4 Å². The molecule has 2 N–H and O–H groups in total. The number of nitrogens with zero attached hydrogens (tertiary/aromatic N) is 2. The fourth-order valence-corrected chi connectivity index (χ4v) is 1.66. The summed E-state index contributed by atoms with van der Waals surface area (Å²) in [4.78, 5) is 4.11. The summed E-state index contributed by atoms with van der Waals surface area (Å²) in [5.74, 6) is 0.599. The summed E-state index contributed by atoms with van der Waals surface area (Å²) in [7, 11) is 0. The van der Waals surface area contributed by atoms with Crippen molar-refractivity contribution in [1.82, 2.24) is 10.1 Å². The molecule has 2 rings (SSSR count). The number of benzene rings is 1. The van der Waals surface area contributed by atoms with Gasteiger partial charge in [0, 0.05) is 18.5 Å². The third-order valence-electron chi connectivity index (χ3n) is 2.61. The molecule has 0 radical (unpaired) electrons. The van der Waals surface area contributed by atoms with Gasteiger partial charge < -0.3 is 15.0 Å². The van der Waals surface area contributed by atoms with Crippen molar-refractivity contribution in [2.24, 2.45) is 5.73 Å². The molecule has 0 fully saturated rings. The van der Waals surface area contributed by atoms with E-state index < -0.39 is 12.8 Å². The Morgan fingerprint density at radius 3 is 2.81 bits per heavy atom. The zero-order valence-corrected chi connectivity index (χ0v) is 11.1. The molecule has 0 atom stereocenters. The minimum atomic E-state index is -4.33. The van der Waals surface area contributed by atoms with Gasteiger partial charge in [-0.3, -0.25) is 0 Å². The normalized spacial score (nSPS) is 11.8. The van der Waals surface area contributed by atoms with Crippen LogP contribution in [0, 0.1) is 0 Å². The molecule has 0 aliphatic carbocycles. The Bertz CT molecular complexity index is 584. The molecule has 114 valence electrons. The quantitative estimate of drug-likeness (QED) is 0.829. The smallest absolute Gasteiger partial charge is 0.372 e. The van der Waals surface area contributed by atoms with Gasteiger partial charge in [-0.2, -0.15) is 18.2 Å². The first-order chi connectivity index (χ1) is 9.98. The number of hydrogen-bond donors (Lipinski definition) is 1. The molecule has 0 saturated carbocycles. The van der Waals surface area contributed by atoms with Crippen LogP contribution in [0.15, 0.2) is 28.8 Å². The standard InChI is InChI=1S/C13H14F3N3O2/c14-13(15,16)8-20-5-4-11-18-12(21-19-11)10-3-1-2-9(6-10)7-17/h1-3,6H,4-5,7-8,17H2. The van der Waals surface area contributed by atoms with Gasteiger partial charge in [0.25, 0.3) is 5.89 Å². The molecule has 2 aromatic rings. The first kappa shape index (κ1) is 15.5. The number of aromatic nitrogens is 2. The molecule has 1 heterocycles. The average molecular weight is 301 g/mol. The highest BCUT2D eigenvalue weighted by molar-refractivity contribution is 5.53. The molecule has 0 amide bonds. The number of nitrogens with two attached hydrogens (primary N) is 1. The maximum absolute atomic E-state index is 11.9. The molecule has 0 spiro atoms. The van der Waals surface area contributed by atoms with Crippen LogP contribution in [0.2, 0.25) is 0 Å². The SMILES string of the molecule is NCc1cccc(-c2nc(CCOCC(F)(F)F)no2)c1. The van der Waals surface area contributed by atoms with E-state index in [1.54, 1.807) is 6.07 Å². The van der Waals surface area contributed by atoms with Crippen molar-refractivity contribution in [2.75, 3.05) is 13.2 Å². The van der Waals surface area contributed by atoms with Gasteiger partial charge >= 0.3 is 6.18 Å². The van der Waals surface area contributed by atoms with Gasteiger partial charge in [0.05, 0.1) is 6.61 Å². The third-order valence-corrected chi connectivity index (χ3v) is 2.61. The lowest BCUT2D eigenvalue weighted by Gasteiger charge is -2.05. The van der Waals surface area contributed by atoms with E-state index in [1.807, 2.05) is 18.2 Å². The predicted molar refractivity (Wildman–Crippen MR) is 68.2 cm³/mol. The molecule has 1 aromatic carbocycles. The molecule has 8 heteroatoms. The minimum Gasteiger partial charge on any atom is -0.372 e. The van der Waals surface area contributed by atoms with Gasteiger partial charge in [-0.15, -0.1) is 0 Å². The average Bonchev–Trinajstić information content (AvgIpc) is 2.91. The minimum absolute atomic E-state index is 0.124. The van der Waals surface area contributed by atoms with E-state index >= 15 is 0 Å². The van der Waals surface area contributed by atoms with Crippen LogP contribution in [0.5, 0.6) is 0 Å². The lowest BCUT2D eigenvalue weighted by Crippen LogP contribution is -2.18. The first-order valence-corrected chi connectivity index (χ1v) is 6.24. The molecule has 5 nitrogen and oxygen atoms in total. The van der Waals surface area contributed by atoms with Crippen LogP contribution in [0.25, 0.3) is 11.5 Å². The molecule has 0 aliphatic heterocycles. The van der Waals surface area contributed by atoms with E-state index in [0.29, 0.717) is 23.8 Å². The molecule has 21 heavy (non-hydrogen) atoms. The van der Waals surface area contributed by atoms with Crippen LogP contribution < -0.4 is 5.73 Å². The van der Waals surface area contributed by atoms with Crippen LogP contribution in [-0.4, -0.2) is 29.5 Å². The number of halogens is 3. The number of ether oxygens (including phenoxy) is 1. The lowest BCUT2D eigenvalue weighted by molar-refractivity contribution is -0.173. The summed E-state index contributed by atoms with van der Waals surface area (Å²) in [6.45, 7) is -1.02. The Labute approximate surface area is 118 Å². The van der Waals surface area contributed by atoms with Gasteiger partial charge in [0.2, 0.25) is 0 Å². The molecule has 0 saturated heterocycles. The number of hydrogen-bond acceptors (Lipinski definition) is 5. The van der Waals surface area contributed by atoms with Crippen LogP contribution in [0.3, 0.4) is 0 Å². The van der Waals surface area contributed by atoms with Crippen molar-refractivity contribution in [1.29, 1.82) is 0 Å². The van der Waals surface area contributed by atoms with Crippen molar-refractivity contribution in [2.45, 2.75) is 19.1 Å². The Hall–Kier alpha value is -1.93. The number of rotatable bonds is 6. The predicted octanol–water partition coefficient (Wildman–Crippen LogP) is 2.32. The van der Waals surface area contributed by atoms with E-state index in [-0.39, 0.29) is 13.0 Å². The maximum atomic E-state index is 11.9. The van der Waals surface area contributed by atoms with Crippen molar-refractivity contribution in [3.63, 3.8) is 0 Å². The second kappa shape index (κ2) is 6.68. The van der Waals surface area contributed by atoms with Crippen LogP contribution in [0.1, 0.15) is 11.4 Å². The summed E-state index contributed by atoms with van der Waals surface area (Å²) in [5, 5.41) is 3.70. The second-order valence-corrected chi connectivity index (χ2v) is 4.34. The van der Waals surface area contributed by atoms with Crippen molar-refractivity contribution in [3.8, 4) is 11.5 Å². The summed E-state index contributed by atoms with van der Waals surface area (Å²) in [6.07, 6.45) is -4.18. The molecule has 1 aromatic heterocycles. The van der Waals surface area contributed by atoms with Gasteiger partial charge in [-0.1, -0.05) is 17.3 Å². The lowest BCUT2D eigenvalue weighted by atomic mass is 10.1. The fourth-order valence-electron chi connectivity index (χ4n) is 1.66. The topological polar surface area (TPSA) is 74.2 Å². The second-order valence-electron chi connectivity index (χ2n) is 4.34. The van der Waals surface area contributed by atoms with Gasteiger partial charge in [-0.05, 0) is 17.7 Å².